The van der Waals surface area contributed by atoms with Gasteiger partial charge in [0, 0.05) is 12.6 Å². The lowest BCUT2D eigenvalue weighted by Gasteiger charge is -2.23. The number of rotatable bonds is 7. The fourth-order valence-corrected chi connectivity index (χ4v) is 3.64. The highest BCUT2D eigenvalue weighted by Crippen LogP contribution is 2.33. The minimum atomic E-state index is -0.778. The molecule has 0 unspecified atom stereocenters. The van der Waals surface area contributed by atoms with Crippen molar-refractivity contribution in [3.63, 3.8) is 0 Å². The van der Waals surface area contributed by atoms with Crippen LogP contribution in [0.25, 0.3) is 0 Å². The Balaban J connectivity index is 1.90. The van der Waals surface area contributed by atoms with Gasteiger partial charge in [-0.3, -0.25) is 19.1 Å². The molecule has 1 aromatic heterocycles. The average Bonchev–Trinajstić information content (AvgIpc) is 2.76. The van der Waals surface area contributed by atoms with Gasteiger partial charge >= 0.3 is 5.69 Å². The summed E-state index contributed by atoms with van der Waals surface area (Å²) in [5, 5.41) is 0.620. The first-order valence-electron chi connectivity index (χ1n) is 9.47. The van der Waals surface area contributed by atoms with Crippen molar-refractivity contribution in [3.8, 4) is 5.75 Å². The number of aromatic amines is 1. The molecule has 0 atom stereocenters. The van der Waals surface area contributed by atoms with Crippen LogP contribution in [-0.2, 0) is 11.3 Å². The number of nitrogens with one attached hydrogen (secondary N) is 1. The molecule has 0 fully saturated rings. The highest BCUT2D eigenvalue weighted by molar-refractivity contribution is 6.43. The predicted molar refractivity (Wildman–Crippen MR) is 126 cm³/mol. The molecule has 11 heteroatoms. The van der Waals surface area contributed by atoms with E-state index < -0.39 is 23.8 Å². The zero-order valence-corrected chi connectivity index (χ0v) is 19.2. The molecule has 8 nitrogen and oxygen atoms in total. The molecule has 0 saturated heterocycles. The van der Waals surface area contributed by atoms with Gasteiger partial charge in [-0.15, -0.1) is 0 Å². The molecule has 0 bridgehead atoms. The number of nitrogens with zero attached hydrogens (tertiary/aromatic N) is 2. The molecular formula is C21H19Cl3N4O4. The van der Waals surface area contributed by atoms with Gasteiger partial charge < -0.3 is 15.4 Å². The lowest BCUT2D eigenvalue weighted by Crippen LogP contribution is -2.42. The van der Waals surface area contributed by atoms with Crippen LogP contribution in [0.4, 0.5) is 11.5 Å². The molecule has 1 heterocycles. The van der Waals surface area contributed by atoms with Crippen LogP contribution < -0.4 is 26.6 Å². The van der Waals surface area contributed by atoms with Gasteiger partial charge in [-0.05, 0) is 18.6 Å². The van der Waals surface area contributed by atoms with Gasteiger partial charge in [0.05, 0.1) is 21.6 Å². The summed E-state index contributed by atoms with van der Waals surface area (Å²) in [5.41, 5.74) is 5.37. The number of carbonyl (C=O) groups is 1. The van der Waals surface area contributed by atoms with Crippen molar-refractivity contribution in [2.24, 2.45) is 0 Å². The van der Waals surface area contributed by atoms with E-state index in [2.05, 4.69) is 4.98 Å². The Labute approximate surface area is 198 Å². The van der Waals surface area contributed by atoms with Crippen molar-refractivity contribution in [3.05, 3.63) is 83.9 Å². The molecule has 3 N–H and O–H groups in total. The van der Waals surface area contributed by atoms with Crippen molar-refractivity contribution in [1.82, 2.24) is 9.55 Å². The third-order valence-corrected chi connectivity index (χ3v) is 5.63. The third kappa shape index (κ3) is 5.09. The number of hydrogen-bond donors (Lipinski definition) is 2. The van der Waals surface area contributed by atoms with Crippen molar-refractivity contribution >= 4 is 52.2 Å². The molecular weight excluding hydrogens is 479 g/mol. The van der Waals surface area contributed by atoms with E-state index in [4.69, 9.17) is 45.3 Å². The van der Waals surface area contributed by atoms with Gasteiger partial charge in [0.2, 0.25) is 0 Å². The molecule has 0 aliphatic carbocycles. The minimum absolute atomic E-state index is 0.105. The smallest absolute Gasteiger partial charge is 0.330 e. The first kappa shape index (κ1) is 23.7. The summed E-state index contributed by atoms with van der Waals surface area (Å²) in [7, 11) is 0. The molecule has 0 saturated carbocycles. The second-order valence-corrected chi connectivity index (χ2v) is 7.91. The predicted octanol–water partition coefficient (Wildman–Crippen LogP) is 3.56. The van der Waals surface area contributed by atoms with Crippen molar-refractivity contribution < 1.29 is 9.53 Å². The Morgan fingerprint density at radius 1 is 1.09 bits per heavy atom. The molecule has 168 valence electrons. The van der Waals surface area contributed by atoms with Crippen LogP contribution in [-0.4, -0.2) is 28.6 Å². The number of nitrogen functional groups attached to an aromatic ring is 1. The van der Waals surface area contributed by atoms with Crippen LogP contribution in [0.15, 0.2) is 52.1 Å². The highest BCUT2D eigenvalue weighted by atomic mass is 35.5. The molecule has 3 rings (SSSR count). The Morgan fingerprint density at radius 2 is 1.75 bits per heavy atom. The van der Waals surface area contributed by atoms with E-state index in [9.17, 15) is 14.4 Å². The van der Waals surface area contributed by atoms with E-state index in [1.165, 1.54) is 16.7 Å². The first-order chi connectivity index (χ1) is 15.2. The maximum atomic E-state index is 12.9. The van der Waals surface area contributed by atoms with Crippen molar-refractivity contribution in [2.45, 2.75) is 13.5 Å². The maximum absolute atomic E-state index is 12.9. The summed E-state index contributed by atoms with van der Waals surface area (Å²) in [5.74, 6) is -0.552. The molecule has 32 heavy (non-hydrogen) atoms. The Hall–Kier alpha value is -2.94. The normalized spacial score (nSPS) is 10.8. The van der Waals surface area contributed by atoms with E-state index in [1.54, 1.807) is 6.92 Å². The molecule has 0 radical (unpaired) electrons. The van der Waals surface area contributed by atoms with E-state index in [0.717, 1.165) is 10.5 Å². The van der Waals surface area contributed by atoms with E-state index in [-0.39, 0.29) is 45.4 Å². The van der Waals surface area contributed by atoms with Crippen LogP contribution in [0.5, 0.6) is 5.75 Å². The quantitative estimate of drug-likeness (QED) is 0.485. The lowest BCUT2D eigenvalue weighted by atomic mass is 10.2. The number of likely N-dealkylation sites (N-methyl/N-ethyl adjacent to an activating group) is 1. The summed E-state index contributed by atoms with van der Waals surface area (Å²) in [4.78, 5) is 41.1. The summed E-state index contributed by atoms with van der Waals surface area (Å²) in [6.45, 7) is 1.43. The molecule has 1 amide bonds. The Kier molecular flexibility index (Phi) is 7.50. The van der Waals surface area contributed by atoms with E-state index in [0.29, 0.717) is 0 Å². The number of benzene rings is 2. The molecule has 0 spiro atoms. The molecule has 2 aromatic carbocycles. The number of anilines is 2. The van der Waals surface area contributed by atoms with Gasteiger partial charge in [0.15, 0.2) is 12.3 Å². The number of nitrogens with two attached hydrogens (primary N) is 1. The molecule has 0 aliphatic rings. The second kappa shape index (κ2) is 10.1. The number of H-pyrrole nitrogens is 1. The Morgan fingerprint density at radius 3 is 2.41 bits per heavy atom. The maximum Gasteiger partial charge on any atom is 0.330 e. The number of ether oxygens (including phenoxy) is 1. The molecule has 0 aliphatic heterocycles. The summed E-state index contributed by atoms with van der Waals surface area (Å²) < 4.78 is 6.67. The zero-order valence-electron chi connectivity index (χ0n) is 16.9. The number of halogens is 3. The van der Waals surface area contributed by atoms with Crippen LogP contribution in [0.1, 0.15) is 12.5 Å². The summed E-state index contributed by atoms with van der Waals surface area (Å²) in [6.07, 6.45) is 0. The monoisotopic (exact) mass is 496 g/mol. The Bertz CT molecular complexity index is 1260. The fraction of sp³-hybridized carbons (Fsp3) is 0.190. The fourth-order valence-electron chi connectivity index (χ4n) is 3.05. The number of aromatic nitrogens is 2. The SMILES string of the molecule is CCN(C(=O)COc1cc(Cl)c(Cl)cc1Cl)c1c(N)n(Cc2ccccc2)c(=O)[nH]c1=O. The number of amides is 1. The number of hydrogen-bond acceptors (Lipinski definition) is 5. The first-order valence-corrected chi connectivity index (χ1v) is 10.6. The van der Waals surface area contributed by atoms with E-state index in [1.807, 2.05) is 30.3 Å². The van der Waals surface area contributed by atoms with Crippen molar-refractivity contribution in [2.75, 3.05) is 23.8 Å². The number of carbonyl (C=O) groups excluding carboxylic acids is 1. The average molecular weight is 498 g/mol. The van der Waals surface area contributed by atoms with Gasteiger partial charge in [0.25, 0.3) is 11.5 Å². The van der Waals surface area contributed by atoms with Crippen LogP contribution >= 0.6 is 34.8 Å². The summed E-state index contributed by atoms with van der Waals surface area (Å²) in [6, 6.07) is 11.9. The zero-order chi connectivity index (χ0) is 23.4. The van der Waals surface area contributed by atoms with Gasteiger partial charge in [-0.2, -0.15) is 0 Å². The van der Waals surface area contributed by atoms with Crippen LogP contribution in [0, 0.1) is 0 Å². The lowest BCUT2D eigenvalue weighted by molar-refractivity contribution is -0.120. The van der Waals surface area contributed by atoms with E-state index >= 15 is 0 Å². The topological polar surface area (TPSA) is 110 Å². The summed E-state index contributed by atoms with van der Waals surface area (Å²) >= 11 is 17.9. The standard InChI is InChI=1S/C21H19Cl3N4O4/c1-2-27(17(29)11-32-16-9-14(23)13(22)8-15(16)24)18-19(25)28(21(31)26-20(18)30)10-12-6-4-3-5-7-12/h3-9H,2,10-11,25H2,1H3,(H,26,30,31). The molecule has 3 aromatic rings. The van der Waals surface area contributed by atoms with Crippen LogP contribution in [0.2, 0.25) is 15.1 Å². The largest absolute Gasteiger partial charge is 0.482 e. The van der Waals surface area contributed by atoms with Gasteiger partial charge in [0.1, 0.15) is 11.6 Å². The van der Waals surface area contributed by atoms with Crippen molar-refractivity contribution in [1.29, 1.82) is 0 Å². The van der Waals surface area contributed by atoms with Gasteiger partial charge in [-0.25, -0.2) is 4.79 Å². The highest BCUT2D eigenvalue weighted by Gasteiger charge is 2.24. The minimum Gasteiger partial charge on any atom is -0.482 e. The second-order valence-electron chi connectivity index (χ2n) is 6.69. The van der Waals surface area contributed by atoms with Crippen LogP contribution in [0.3, 0.4) is 0 Å². The van der Waals surface area contributed by atoms with Gasteiger partial charge in [-0.1, -0.05) is 65.1 Å². The third-order valence-electron chi connectivity index (χ3n) is 4.61.